The van der Waals surface area contributed by atoms with Crippen molar-refractivity contribution in [1.29, 1.82) is 0 Å². The number of benzene rings is 1. The van der Waals surface area contributed by atoms with Crippen LogP contribution in [0.3, 0.4) is 0 Å². The van der Waals surface area contributed by atoms with Gasteiger partial charge in [-0.25, -0.2) is 0 Å². The molecule has 0 radical (unpaired) electrons. The standard InChI is InChI=1S/C13H19ClO3/c1-3-16-13(17-4-2)10-15-9-11-7-5-6-8-12(11)14/h5-8,13H,3-4,9-10H2,1-2H3. The van der Waals surface area contributed by atoms with Crippen LogP contribution >= 0.6 is 11.6 Å². The molecular formula is C13H19ClO3. The first kappa shape index (κ1) is 14.5. The third-order valence-corrected chi connectivity index (χ3v) is 2.54. The van der Waals surface area contributed by atoms with E-state index in [1.807, 2.05) is 38.1 Å². The Labute approximate surface area is 108 Å². The smallest absolute Gasteiger partial charge is 0.180 e. The first-order valence-corrected chi connectivity index (χ1v) is 6.20. The monoisotopic (exact) mass is 258 g/mol. The predicted octanol–water partition coefficient (Wildman–Crippen LogP) is 3.26. The van der Waals surface area contributed by atoms with E-state index in [2.05, 4.69) is 0 Å². The fourth-order valence-corrected chi connectivity index (χ4v) is 1.59. The van der Waals surface area contributed by atoms with Crippen LogP contribution in [0.1, 0.15) is 19.4 Å². The molecule has 3 nitrogen and oxygen atoms in total. The topological polar surface area (TPSA) is 27.7 Å². The number of hydrogen-bond acceptors (Lipinski definition) is 3. The van der Waals surface area contributed by atoms with Crippen molar-refractivity contribution in [2.45, 2.75) is 26.7 Å². The van der Waals surface area contributed by atoms with Crippen molar-refractivity contribution in [1.82, 2.24) is 0 Å². The summed E-state index contributed by atoms with van der Waals surface area (Å²) >= 11 is 6.02. The van der Waals surface area contributed by atoms with Gasteiger partial charge in [-0.05, 0) is 25.5 Å². The van der Waals surface area contributed by atoms with Crippen LogP contribution in [0.25, 0.3) is 0 Å². The van der Waals surface area contributed by atoms with Gasteiger partial charge < -0.3 is 14.2 Å². The molecule has 0 fully saturated rings. The fourth-order valence-electron chi connectivity index (χ4n) is 1.40. The largest absolute Gasteiger partial charge is 0.371 e. The molecule has 0 amide bonds. The van der Waals surface area contributed by atoms with Gasteiger partial charge in [0.2, 0.25) is 0 Å². The molecule has 0 aliphatic heterocycles. The van der Waals surface area contributed by atoms with Gasteiger partial charge in [0.1, 0.15) is 0 Å². The number of ether oxygens (including phenoxy) is 3. The molecule has 17 heavy (non-hydrogen) atoms. The molecule has 0 unspecified atom stereocenters. The minimum atomic E-state index is -0.299. The molecule has 0 N–H and O–H groups in total. The Morgan fingerprint density at radius 2 is 1.76 bits per heavy atom. The van der Waals surface area contributed by atoms with Crippen LogP contribution < -0.4 is 0 Å². The van der Waals surface area contributed by atoms with E-state index in [1.165, 1.54) is 0 Å². The van der Waals surface area contributed by atoms with Crippen molar-refractivity contribution in [3.8, 4) is 0 Å². The van der Waals surface area contributed by atoms with Crippen LogP contribution in [0.5, 0.6) is 0 Å². The maximum atomic E-state index is 6.02. The highest BCUT2D eigenvalue weighted by Gasteiger charge is 2.08. The Morgan fingerprint density at radius 3 is 2.35 bits per heavy atom. The molecule has 1 aromatic rings. The van der Waals surface area contributed by atoms with Crippen molar-refractivity contribution in [2.24, 2.45) is 0 Å². The van der Waals surface area contributed by atoms with Crippen LogP contribution in [0.15, 0.2) is 24.3 Å². The van der Waals surface area contributed by atoms with Gasteiger partial charge in [0.25, 0.3) is 0 Å². The summed E-state index contributed by atoms with van der Waals surface area (Å²) in [5.74, 6) is 0. The van der Waals surface area contributed by atoms with Gasteiger partial charge in [0.15, 0.2) is 6.29 Å². The quantitative estimate of drug-likeness (QED) is 0.670. The highest BCUT2D eigenvalue weighted by Crippen LogP contribution is 2.15. The summed E-state index contributed by atoms with van der Waals surface area (Å²) in [6, 6.07) is 7.63. The molecule has 96 valence electrons. The molecule has 1 rings (SSSR count). The lowest BCUT2D eigenvalue weighted by molar-refractivity contribution is -0.169. The van der Waals surface area contributed by atoms with Crippen molar-refractivity contribution in [2.75, 3.05) is 19.8 Å². The lowest BCUT2D eigenvalue weighted by Gasteiger charge is -2.17. The average Bonchev–Trinajstić information content (AvgIpc) is 2.32. The van der Waals surface area contributed by atoms with E-state index in [9.17, 15) is 0 Å². The van der Waals surface area contributed by atoms with E-state index in [4.69, 9.17) is 25.8 Å². The molecule has 0 aromatic heterocycles. The summed E-state index contributed by atoms with van der Waals surface area (Å²) in [4.78, 5) is 0. The van der Waals surface area contributed by atoms with Crippen molar-refractivity contribution >= 4 is 11.6 Å². The minimum absolute atomic E-state index is 0.299. The summed E-state index contributed by atoms with van der Waals surface area (Å²) in [6.45, 7) is 5.96. The van der Waals surface area contributed by atoms with Gasteiger partial charge >= 0.3 is 0 Å². The molecule has 1 aromatic carbocycles. The van der Waals surface area contributed by atoms with Gasteiger partial charge in [-0.15, -0.1) is 0 Å². The van der Waals surface area contributed by atoms with Gasteiger partial charge in [0.05, 0.1) is 13.2 Å². The number of hydrogen-bond donors (Lipinski definition) is 0. The zero-order chi connectivity index (χ0) is 12.5. The predicted molar refractivity (Wildman–Crippen MR) is 68.1 cm³/mol. The van der Waals surface area contributed by atoms with E-state index in [0.717, 1.165) is 10.6 Å². The fraction of sp³-hybridized carbons (Fsp3) is 0.538. The van der Waals surface area contributed by atoms with Crippen molar-refractivity contribution in [3.05, 3.63) is 34.9 Å². The molecule has 0 saturated carbocycles. The van der Waals surface area contributed by atoms with E-state index < -0.39 is 0 Å². The molecule has 0 bridgehead atoms. The number of rotatable bonds is 8. The van der Waals surface area contributed by atoms with Gasteiger partial charge in [-0.3, -0.25) is 0 Å². The van der Waals surface area contributed by atoms with E-state index >= 15 is 0 Å². The average molecular weight is 259 g/mol. The summed E-state index contributed by atoms with van der Waals surface area (Å²) < 4.78 is 16.3. The first-order valence-electron chi connectivity index (χ1n) is 5.82. The maximum Gasteiger partial charge on any atom is 0.180 e. The van der Waals surface area contributed by atoms with Crippen LogP contribution in [0.4, 0.5) is 0 Å². The van der Waals surface area contributed by atoms with Crippen LogP contribution in [-0.2, 0) is 20.8 Å². The van der Waals surface area contributed by atoms with E-state index in [-0.39, 0.29) is 6.29 Å². The summed E-state index contributed by atoms with van der Waals surface area (Å²) in [5.41, 5.74) is 0.973. The Kier molecular flexibility index (Phi) is 7.21. The summed E-state index contributed by atoms with van der Waals surface area (Å²) in [5, 5.41) is 0.719. The van der Waals surface area contributed by atoms with Crippen molar-refractivity contribution < 1.29 is 14.2 Å². The van der Waals surface area contributed by atoms with Crippen molar-refractivity contribution in [3.63, 3.8) is 0 Å². The number of halogens is 1. The molecular weight excluding hydrogens is 240 g/mol. The highest BCUT2D eigenvalue weighted by atomic mass is 35.5. The Balaban J connectivity index is 2.33. The highest BCUT2D eigenvalue weighted by molar-refractivity contribution is 6.31. The molecule has 4 heteroatoms. The molecule has 0 spiro atoms. The SMILES string of the molecule is CCOC(COCc1ccccc1Cl)OCC. The molecule has 0 heterocycles. The van der Waals surface area contributed by atoms with Crippen LogP contribution in [0.2, 0.25) is 5.02 Å². The molecule has 0 aliphatic carbocycles. The Bertz CT molecular complexity index is 311. The van der Waals surface area contributed by atoms with Gasteiger partial charge in [0, 0.05) is 18.2 Å². The maximum absolute atomic E-state index is 6.02. The van der Waals surface area contributed by atoms with E-state index in [0.29, 0.717) is 26.4 Å². The first-order chi connectivity index (χ1) is 8.27. The second-order valence-electron chi connectivity index (χ2n) is 3.45. The Morgan fingerprint density at radius 1 is 1.12 bits per heavy atom. The normalized spacial score (nSPS) is 11.1. The lowest BCUT2D eigenvalue weighted by atomic mass is 10.2. The van der Waals surface area contributed by atoms with Gasteiger partial charge in [-0.1, -0.05) is 29.8 Å². The molecule has 0 aliphatic rings. The minimum Gasteiger partial charge on any atom is -0.371 e. The van der Waals surface area contributed by atoms with Crippen LogP contribution in [0, 0.1) is 0 Å². The Hall–Kier alpha value is -0.610. The molecule has 0 saturated heterocycles. The third kappa shape index (κ3) is 5.50. The molecule has 0 atom stereocenters. The summed E-state index contributed by atoms with van der Waals surface area (Å²) in [7, 11) is 0. The third-order valence-electron chi connectivity index (χ3n) is 2.17. The second kappa shape index (κ2) is 8.48. The summed E-state index contributed by atoms with van der Waals surface area (Å²) in [6.07, 6.45) is -0.299. The lowest BCUT2D eigenvalue weighted by Crippen LogP contribution is -2.23. The van der Waals surface area contributed by atoms with Gasteiger partial charge in [-0.2, -0.15) is 0 Å². The second-order valence-corrected chi connectivity index (χ2v) is 3.85. The zero-order valence-corrected chi connectivity index (χ0v) is 11.1. The van der Waals surface area contributed by atoms with Crippen LogP contribution in [-0.4, -0.2) is 26.1 Å². The van der Waals surface area contributed by atoms with E-state index in [1.54, 1.807) is 0 Å². The zero-order valence-electron chi connectivity index (χ0n) is 10.3.